The Morgan fingerprint density at radius 1 is 1.33 bits per heavy atom. The van der Waals surface area contributed by atoms with Crippen molar-refractivity contribution in [2.75, 3.05) is 6.61 Å². The minimum absolute atomic E-state index is 0.347. The largest absolute Gasteiger partial charge is 0.475 e. The van der Waals surface area contributed by atoms with Crippen LogP contribution in [0.1, 0.15) is 25.8 Å². The molecule has 1 atom stereocenters. The minimum atomic E-state index is 0.347. The van der Waals surface area contributed by atoms with Gasteiger partial charge in [0.15, 0.2) is 0 Å². The van der Waals surface area contributed by atoms with Crippen molar-refractivity contribution in [3.05, 3.63) is 35.9 Å². The van der Waals surface area contributed by atoms with Crippen molar-refractivity contribution in [2.24, 2.45) is 10.9 Å². The quantitative estimate of drug-likeness (QED) is 0.740. The van der Waals surface area contributed by atoms with Crippen LogP contribution < -0.4 is 0 Å². The van der Waals surface area contributed by atoms with Gasteiger partial charge in [0.1, 0.15) is 6.61 Å². The van der Waals surface area contributed by atoms with Crippen LogP contribution in [0.4, 0.5) is 0 Å². The van der Waals surface area contributed by atoms with E-state index < -0.39 is 0 Å². The first kappa shape index (κ1) is 10.2. The molecule has 0 amide bonds. The Morgan fingerprint density at radius 3 is 2.73 bits per heavy atom. The van der Waals surface area contributed by atoms with Gasteiger partial charge in [0, 0.05) is 5.56 Å². The minimum Gasteiger partial charge on any atom is -0.475 e. The van der Waals surface area contributed by atoms with E-state index >= 15 is 0 Å². The van der Waals surface area contributed by atoms with Crippen molar-refractivity contribution >= 4 is 5.90 Å². The van der Waals surface area contributed by atoms with Crippen molar-refractivity contribution in [2.45, 2.75) is 26.3 Å². The summed E-state index contributed by atoms with van der Waals surface area (Å²) in [6.07, 6.45) is 1.11. The lowest BCUT2D eigenvalue weighted by Crippen LogP contribution is -2.09. The van der Waals surface area contributed by atoms with Gasteiger partial charge in [-0.25, -0.2) is 4.99 Å². The first-order valence-electron chi connectivity index (χ1n) is 5.51. The summed E-state index contributed by atoms with van der Waals surface area (Å²) in [6.45, 7) is 5.18. The molecule has 2 rings (SSSR count). The number of rotatable bonds is 3. The van der Waals surface area contributed by atoms with Crippen LogP contribution in [-0.2, 0) is 4.74 Å². The number of nitrogens with zero attached hydrogens (tertiary/aromatic N) is 1. The molecule has 80 valence electrons. The summed E-state index contributed by atoms with van der Waals surface area (Å²) < 4.78 is 5.60. The van der Waals surface area contributed by atoms with Gasteiger partial charge in [0.05, 0.1) is 6.04 Å². The molecule has 0 bridgehead atoms. The molecular weight excluding hydrogens is 186 g/mol. The van der Waals surface area contributed by atoms with Crippen molar-refractivity contribution < 1.29 is 4.74 Å². The van der Waals surface area contributed by atoms with Crippen LogP contribution in [-0.4, -0.2) is 18.5 Å². The van der Waals surface area contributed by atoms with Gasteiger partial charge in [0.2, 0.25) is 5.90 Å². The molecule has 0 radical (unpaired) electrons. The normalized spacial score (nSPS) is 20.2. The van der Waals surface area contributed by atoms with E-state index in [1.54, 1.807) is 0 Å². The van der Waals surface area contributed by atoms with Crippen molar-refractivity contribution in [1.29, 1.82) is 0 Å². The fourth-order valence-electron chi connectivity index (χ4n) is 1.82. The highest BCUT2D eigenvalue weighted by Crippen LogP contribution is 2.17. The van der Waals surface area contributed by atoms with Crippen LogP contribution in [0.3, 0.4) is 0 Å². The summed E-state index contributed by atoms with van der Waals surface area (Å²) in [7, 11) is 0. The van der Waals surface area contributed by atoms with E-state index in [0.717, 1.165) is 24.5 Å². The zero-order valence-corrected chi connectivity index (χ0v) is 9.31. The number of aliphatic imine (C=N–C) groups is 1. The molecule has 1 heterocycles. The average Bonchev–Trinajstić information content (AvgIpc) is 2.67. The molecule has 0 N–H and O–H groups in total. The van der Waals surface area contributed by atoms with E-state index in [2.05, 4.69) is 18.8 Å². The second-order valence-electron chi connectivity index (χ2n) is 4.39. The number of ether oxygens (including phenoxy) is 1. The van der Waals surface area contributed by atoms with E-state index in [0.29, 0.717) is 12.0 Å². The van der Waals surface area contributed by atoms with E-state index in [-0.39, 0.29) is 0 Å². The smallest absolute Gasteiger partial charge is 0.216 e. The lowest BCUT2D eigenvalue weighted by molar-refractivity contribution is 0.301. The summed E-state index contributed by atoms with van der Waals surface area (Å²) in [5, 5.41) is 0. The van der Waals surface area contributed by atoms with E-state index in [1.807, 2.05) is 30.3 Å². The fraction of sp³-hybridized carbons (Fsp3) is 0.462. The molecule has 0 saturated carbocycles. The summed E-state index contributed by atoms with van der Waals surface area (Å²) in [5.74, 6) is 1.48. The van der Waals surface area contributed by atoms with Crippen molar-refractivity contribution in [3.8, 4) is 0 Å². The highest BCUT2D eigenvalue weighted by molar-refractivity contribution is 5.95. The van der Waals surface area contributed by atoms with Crippen LogP contribution >= 0.6 is 0 Å². The van der Waals surface area contributed by atoms with Gasteiger partial charge in [-0.15, -0.1) is 0 Å². The maximum Gasteiger partial charge on any atom is 0.216 e. The van der Waals surface area contributed by atoms with Crippen molar-refractivity contribution in [1.82, 2.24) is 0 Å². The molecule has 15 heavy (non-hydrogen) atoms. The van der Waals surface area contributed by atoms with Crippen LogP contribution in [0.25, 0.3) is 0 Å². The predicted octanol–water partition coefficient (Wildman–Crippen LogP) is 2.88. The van der Waals surface area contributed by atoms with Gasteiger partial charge in [-0.1, -0.05) is 32.0 Å². The molecule has 0 saturated heterocycles. The fourth-order valence-corrected chi connectivity index (χ4v) is 1.82. The monoisotopic (exact) mass is 203 g/mol. The van der Waals surface area contributed by atoms with E-state index in [9.17, 15) is 0 Å². The topological polar surface area (TPSA) is 21.6 Å². The molecule has 2 nitrogen and oxygen atoms in total. The van der Waals surface area contributed by atoms with Crippen LogP contribution in [0.5, 0.6) is 0 Å². The first-order chi connectivity index (χ1) is 7.25. The molecule has 0 spiro atoms. The van der Waals surface area contributed by atoms with E-state index in [1.165, 1.54) is 0 Å². The lowest BCUT2D eigenvalue weighted by atomic mass is 10.1. The summed E-state index contributed by atoms with van der Waals surface area (Å²) in [5.41, 5.74) is 1.09. The molecule has 0 aliphatic carbocycles. The number of benzene rings is 1. The molecule has 1 aliphatic rings. The van der Waals surface area contributed by atoms with Crippen LogP contribution in [0.2, 0.25) is 0 Å². The van der Waals surface area contributed by atoms with Crippen molar-refractivity contribution in [3.63, 3.8) is 0 Å². The molecule has 0 aromatic heterocycles. The third-order valence-corrected chi connectivity index (χ3v) is 2.48. The Morgan fingerprint density at radius 2 is 2.07 bits per heavy atom. The zero-order valence-electron chi connectivity index (χ0n) is 9.31. The predicted molar refractivity (Wildman–Crippen MR) is 62.2 cm³/mol. The third-order valence-electron chi connectivity index (χ3n) is 2.48. The zero-order chi connectivity index (χ0) is 10.7. The maximum absolute atomic E-state index is 5.60. The third kappa shape index (κ3) is 2.58. The second kappa shape index (κ2) is 4.47. The van der Waals surface area contributed by atoms with Crippen LogP contribution in [0, 0.1) is 5.92 Å². The Bertz CT molecular complexity index is 343. The highest BCUT2D eigenvalue weighted by Gasteiger charge is 2.20. The van der Waals surface area contributed by atoms with E-state index in [4.69, 9.17) is 4.74 Å². The summed E-state index contributed by atoms with van der Waals surface area (Å²) in [6, 6.07) is 10.5. The summed E-state index contributed by atoms with van der Waals surface area (Å²) in [4.78, 5) is 4.59. The van der Waals surface area contributed by atoms with Crippen LogP contribution in [0.15, 0.2) is 35.3 Å². The Hall–Kier alpha value is -1.31. The second-order valence-corrected chi connectivity index (χ2v) is 4.39. The Balaban J connectivity index is 2.07. The summed E-state index contributed by atoms with van der Waals surface area (Å²) >= 11 is 0. The van der Waals surface area contributed by atoms with Gasteiger partial charge in [-0.2, -0.15) is 0 Å². The van der Waals surface area contributed by atoms with Gasteiger partial charge < -0.3 is 4.74 Å². The van der Waals surface area contributed by atoms with Gasteiger partial charge in [-0.3, -0.25) is 0 Å². The lowest BCUT2D eigenvalue weighted by Gasteiger charge is -2.06. The number of hydrogen-bond donors (Lipinski definition) is 0. The number of hydrogen-bond acceptors (Lipinski definition) is 2. The molecule has 1 aromatic carbocycles. The standard InChI is InChI=1S/C13H17NO/c1-10(2)8-12-9-15-13(14-12)11-6-4-3-5-7-11/h3-7,10,12H,8-9H2,1-2H3/t12-/m0/s1. The Labute approximate surface area is 91.0 Å². The molecule has 2 heteroatoms. The van der Waals surface area contributed by atoms with Gasteiger partial charge in [-0.05, 0) is 24.5 Å². The SMILES string of the molecule is CC(C)C[C@H]1COC(c2ccccc2)=N1. The van der Waals surface area contributed by atoms with Gasteiger partial charge >= 0.3 is 0 Å². The highest BCUT2D eigenvalue weighted by atomic mass is 16.5. The van der Waals surface area contributed by atoms with Gasteiger partial charge in [0.25, 0.3) is 0 Å². The molecular formula is C13H17NO. The maximum atomic E-state index is 5.60. The molecule has 1 aliphatic heterocycles. The molecule has 0 unspecified atom stereocenters. The molecule has 0 fully saturated rings. The Kier molecular flexibility index (Phi) is 3.05. The molecule has 1 aromatic rings. The average molecular weight is 203 g/mol. The first-order valence-corrected chi connectivity index (χ1v) is 5.51.